The molecule has 0 saturated carbocycles. The van der Waals surface area contributed by atoms with Crippen molar-refractivity contribution in [2.45, 2.75) is 58.5 Å². The quantitative estimate of drug-likeness (QED) is 0.679. The van der Waals surface area contributed by atoms with Crippen molar-refractivity contribution in [1.29, 1.82) is 0 Å². The molecule has 0 N–H and O–H groups in total. The zero-order valence-corrected chi connectivity index (χ0v) is 16.7. The van der Waals surface area contributed by atoms with Crippen molar-refractivity contribution in [3.05, 3.63) is 30.4 Å². The lowest BCUT2D eigenvalue weighted by atomic mass is 10.2. The van der Waals surface area contributed by atoms with Crippen molar-refractivity contribution < 1.29 is 14.1 Å². The molecule has 1 unspecified atom stereocenters. The lowest BCUT2D eigenvalue weighted by Crippen LogP contribution is -2.42. The molecule has 3 rings (SSSR count). The number of aryl methyl sites for hydroxylation is 1. The largest absolute Gasteiger partial charge is 0.340 e. The monoisotopic (exact) mass is 388 g/mol. The van der Waals surface area contributed by atoms with Crippen LogP contribution in [0.5, 0.6) is 0 Å². The summed E-state index contributed by atoms with van der Waals surface area (Å²) in [5.74, 6) is 1.52. The van der Waals surface area contributed by atoms with Gasteiger partial charge in [0.2, 0.25) is 17.7 Å². The van der Waals surface area contributed by atoms with Gasteiger partial charge in [0.25, 0.3) is 0 Å². The van der Waals surface area contributed by atoms with E-state index in [-0.39, 0.29) is 23.8 Å². The number of imidazole rings is 1. The fraction of sp³-hybridized carbons (Fsp3) is 0.632. The lowest BCUT2D eigenvalue weighted by Gasteiger charge is -2.27. The van der Waals surface area contributed by atoms with Crippen molar-refractivity contribution in [3.8, 4) is 0 Å². The Morgan fingerprint density at radius 3 is 2.86 bits per heavy atom. The van der Waals surface area contributed by atoms with E-state index in [1.54, 1.807) is 19.4 Å². The van der Waals surface area contributed by atoms with Gasteiger partial charge in [0.1, 0.15) is 0 Å². The molecule has 28 heavy (non-hydrogen) atoms. The molecule has 0 aliphatic carbocycles. The molecule has 1 fully saturated rings. The summed E-state index contributed by atoms with van der Waals surface area (Å²) in [5, 5.41) is 3.99. The summed E-state index contributed by atoms with van der Waals surface area (Å²) in [5.41, 5.74) is 0. The van der Waals surface area contributed by atoms with Gasteiger partial charge < -0.3 is 18.9 Å². The second kappa shape index (κ2) is 8.99. The topological polar surface area (TPSA) is 97.4 Å². The van der Waals surface area contributed by atoms with Crippen molar-refractivity contribution in [2.75, 3.05) is 19.6 Å². The van der Waals surface area contributed by atoms with Crippen LogP contribution in [0.2, 0.25) is 0 Å². The van der Waals surface area contributed by atoms with Gasteiger partial charge in [-0.1, -0.05) is 19.0 Å². The van der Waals surface area contributed by atoms with Crippen molar-refractivity contribution in [1.82, 2.24) is 29.5 Å². The Morgan fingerprint density at radius 2 is 2.21 bits per heavy atom. The van der Waals surface area contributed by atoms with Crippen LogP contribution in [0, 0.1) is 0 Å². The molecule has 1 aliphatic rings. The summed E-state index contributed by atoms with van der Waals surface area (Å²) in [4.78, 5) is 36.7. The Bertz CT molecular complexity index is 785. The van der Waals surface area contributed by atoms with Gasteiger partial charge >= 0.3 is 0 Å². The number of carbonyl (C=O) groups excluding carboxylic acids is 2. The maximum atomic E-state index is 12.5. The summed E-state index contributed by atoms with van der Waals surface area (Å²) >= 11 is 0. The number of amides is 2. The summed E-state index contributed by atoms with van der Waals surface area (Å²) in [6.45, 7) is 7.95. The highest BCUT2D eigenvalue weighted by molar-refractivity contribution is 5.77. The van der Waals surface area contributed by atoms with E-state index in [1.165, 1.54) is 0 Å². The number of likely N-dealkylation sites (tertiary alicyclic amines) is 1. The van der Waals surface area contributed by atoms with E-state index < -0.39 is 0 Å². The van der Waals surface area contributed by atoms with Gasteiger partial charge in [0, 0.05) is 64.3 Å². The first-order chi connectivity index (χ1) is 13.4. The van der Waals surface area contributed by atoms with E-state index in [2.05, 4.69) is 15.1 Å². The predicted molar refractivity (Wildman–Crippen MR) is 101 cm³/mol. The Labute approximate surface area is 164 Å². The fourth-order valence-corrected chi connectivity index (χ4v) is 3.45. The highest BCUT2D eigenvalue weighted by Crippen LogP contribution is 2.18. The molecular formula is C19H28N6O3. The molecule has 1 atom stereocenters. The number of rotatable bonds is 8. The molecular weight excluding hydrogens is 360 g/mol. The zero-order chi connectivity index (χ0) is 20.1. The van der Waals surface area contributed by atoms with E-state index in [0.717, 1.165) is 6.42 Å². The minimum Gasteiger partial charge on any atom is -0.340 e. The number of hydrogen-bond donors (Lipinski definition) is 0. The summed E-state index contributed by atoms with van der Waals surface area (Å²) in [7, 11) is 0. The first-order valence-electron chi connectivity index (χ1n) is 9.77. The number of carbonyl (C=O) groups is 2. The van der Waals surface area contributed by atoms with Gasteiger partial charge in [-0.25, -0.2) is 4.98 Å². The normalized spacial score (nSPS) is 16.7. The van der Waals surface area contributed by atoms with Gasteiger partial charge in [0.15, 0.2) is 5.82 Å². The molecule has 9 nitrogen and oxygen atoms in total. The minimum absolute atomic E-state index is 0.00490. The zero-order valence-electron chi connectivity index (χ0n) is 16.7. The van der Waals surface area contributed by atoms with Crippen LogP contribution in [0.1, 0.15) is 51.2 Å². The van der Waals surface area contributed by atoms with E-state index in [1.807, 2.05) is 34.4 Å². The Balaban J connectivity index is 1.51. The molecule has 0 aromatic carbocycles. The Kier molecular flexibility index (Phi) is 6.43. The van der Waals surface area contributed by atoms with Crippen LogP contribution in [-0.2, 0) is 22.6 Å². The van der Waals surface area contributed by atoms with Gasteiger partial charge in [-0.05, 0) is 6.42 Å². The van der Waals surface area contributed by atoms with E-state index >= 15 is 0 Å². The molecule has 2 aromatic heterocycles. The Hall–Kier alpha value is -2.71. The third kappa shape index (κ3) is 4.96. The molecule has 1 aliphatic heterocycles. The average Bonchev–Trinajstić information content (AvgIpc) is 3.40. The van der Waals surface area contributed by atoms with Crippen LogP contribution >= 0.6 is 0 Å². The van der Waals surface area contributed by atoms with Gasteiger partial charge in [0.05, 0.1) is 12.4 Å². The van der Waals surface area contributed by atoms with Crippen LogP contribution < -0.4 is 0 Å². The van der Waals surface area contributed by atoms with Crippen LogP contribution in [-0.4, -0.2) is 67.0 Å². The van der Waals surface area contributed by atoms with Crippen LogP contribution in [0.25, 0.3) is 0 Å². The van der Waals surface area contributed by atoms with E-state index in [0.29, 0.717) is 50.7 Å². The van der Waals surface area contributed by atoms with Crippen molar-refractivity contribution in [2.24, 2.45) is 0 Å². The maximum absolute atomic E-state index is 12.5. The van der Waals surface area contributed by atoms with Crippen molar-refractivity contribution in [3.63, 3.8) is 0 Å². The molecule has 2 amide bonds. The summed E-state index contributed by atoms with van der Waals surface area (Å²) in [6.07, 6.45) is 7.03. The molecule has 3 heterocycles. The van der Waals surface area contributed by atoms with Gasteiger partial charge in [-0.15, -0.1) is 0 Å². The third-order valence-electron chi connectivity index (χ3n) is 5.06. The predicted octanol–water partition coefficient (Wildman–Crippen LogP) is 1.47. The molecule has 0 bridgehead atoms. The maximum Gasteiger partial charge on any atom is 0.229 e. The lowest BCUT2D eigenvalue weighted by molar-refractivity contribution is -0.133. The first-order valence-corrected chi connectivity index (χ1v) is 9.77. The van der Waals surface area contributed by atoms with E-state index in [9.17, 15) is 9.59 Å². The minimum atomic E-state index is 0.00490. The first kappa shape index (κ1) is 20.0. The molecule has 0 spiro atoms. The van der Waals surface area contributed by atoms with Crippen LogP contribution in [0.15, 0.2) is 23.2 Å². The molecule has 152 valence electrons. The molecule has 0 radical (unpaired) electrons. The number of hydrogen-bond acceptors (Lipinski definition) is 6. The number of nitrogens with zero attached hydrogens (tertiary/aromatic N) is 6. The number of aromatic nitrogens is 4. The highest BCUT2D eigenvalue weighted by Gasteiger charge is 2.31. The van der Waals surface area contributed by atoms with E-state index in [4.69, 9.17) is 4.52 Å². The molecule has 2 aromatic rings. The summed E-state index contributed by atoms with van der Waals surface area (Å²) in [6, 6.07) is 0.0335. The molecule has 1 saturated heterocycles. The van der Waals surface area contributed by atoms with Crippen LogP contribution in [0.3, 0.4) is 0 Å². The highest BCUT2D eigenvalue weighted by atomic mass is 16.5. The van der Waals surface area contributed by atoms with Crippen LogP contribution in [0.4, 0.5) is 0 Å². The second-order valence-electron chi connectivity index (χ2n) is 7.50. The third-order valence-corrected chi connectivity index (χ3v) is 5.06. The average molecular weight is 388 g/mol. The van der Waals surface area contributed by atoms with Gasteiger partial charge in [-0.3, -0.25) is 9.59 Å². The van der Waals surface area contributed by atoms with Gasteiger partial charge in [-0.2, -0.15) is 4.98 Å². The SMILES string of the molecule is CC(=O)N(CCc1noc(C(C)C)n1)C1CCN(C(=O)CCn2ccnc2)C1. The van der Waals surface area contributed by atoms with Crippen molar-refractivity contribution >= 4 is 11.8 Å². The summed E-state index contributed by atoms with van der Waals surface area (Å²) < 4.78 is 7.12. The Morgan fingerprint density at radius 1 is 1.39 bits per heavy atom. The fourth-order valence-electron chi connectivity index (χ4n) is 3.45. The smallest absolute Gasteiger partial charge is 0.229 e. The standard InChI is InChI=1S/C19H28N6O3/c1-14(2)19-21-17(22-28-19)5-10-25(15(3)26)16-4-9-24(12-16)18(27)6-8-23-11-7-20-13-23/h7,11,13-14,16H,4-6,8-10,12H2,1-3H3. The second-order valence-corrected chi connectivity index (χ2v) is 7.50. The molecule has 9 heteroatoms.